The van der Waals surface area contributed by atoms with E-state index in [2.05, 4.69) is 13.8 Å². The third-order valence-electron chi connectivity index (χ3n) is 5.73. The number of hydrogen-bond acceptors (Lipinski definition) is 1. The molecule has 0 aromatic heterocycles. The van der Waals surface area contributed by atoms with Crippen molar-refractivity contribution >= 4 is 0 Å². The van der Waals surface area contributed by atoms with Gasteiger partial charge in [-0.2, -0.15) is 0 Å². The summed E-state index contributed by atoms with van der Waals surface area (Å²) in [5.41, 5.74) is 0.338. The van der Waals surface area contributed by atoms with Crippen LogP contribution in [0.5, 0.6) is 0 Å². The Morgan fingerprint density at radius 3 is 1.88 bits per heavy atom. The van der Waals surface area contributed by atoms with Gasteiger partial charge in [-0.15, -0.1) is 0 Å². The summed E-state index contributed by atoms with van der Waals surface area (Å²) in [4.78, 5) is 0. The first-order valence-electron chi connectivity index (χ1n) is 7.84. The van der Waals surface area contributed by atoms with Gasteiger partial charge in [0.1, 0.15) is 0 Å². The van der Waals surface area contributed by atoms with Gasteiger partial charge in [0.2, 0.25) is 0 Å². The van der Waals surface area contributed by atoms with Crippen molar-refractivity contribution in [3.05, 3.63) is 0 Å². The van der Waals surface area contributed by atoms with Crippen LogP contribution in [0.25, 0.3) is 0 Å². The fourth-order valence-corrected chi connectivity index (χ4v) is 4.19. The predicted molar refractivity (Wildman–Crippen MR) is 73.0 cm³/mol. The molecule has 1 nitrogen and oxygen atoms in total. The third-order valence-corrected chi connectivity index (χ3v) is 5.73. The first-order valence-corrected chi connectivity index (χ1v) is 7.84. The molecular weight excluding hydrogens is 208 g/mol. The van der Waals surface area contributed by atoms with Crippen LogP contribution in [0.4, 0.5) is 0 Å². The fourth-order valence-electron chi connectivity index (χ4n) is 4.19. The van der Waals surface area contributed by atoms with Crippen LogP contribution in [0.15, 0.2) is 0 Å². The third kappa shape index (κ3) is 3.05. The first kappa shape index (κ1) is 13.4. The molecule has 2 saturated carbocycles. The Balaban J connectivity index is 1.87. The molecule has 2 aliphatic carbocycles. The van der Waals surface area contributed by atoms with E-state index in [1.54, 1.807) is 0 Å². The zero-order chi connectivity index (χ0) is 12.4. The fraction of sp³-hybridized carbons (Fsp3) is 1.00. The zero-order valence-corrected chi connectivity index (χ0v) is 11.8. The lowest BCUT2D eigenvalue weighted by Crippen LogP contribution is -2.39. The van der Waals surface area contributed by atoms with E-state index in [-0.39, 0.29) is 5.60 Å². The highest BCUT2D eigenvalue weighted by molar-refractivity contribution is 4.95. The van der Waals surface area contributed by atoms with Crippen molar-refractivity contribution in [2.45, 2.75) is 90.1 Å². The van der Waals surface area contributed by atoms with Crippen LogP contribution in [0.1, 0.15) is 84.5 Å². The summed E-state index contributed by atoms with van der Waals surface area (Å²) < 4.78 is 0. The van der Waals surface area contributed by atoms with Crippen molar-refractivity contribution in [2.24, 2.45) is 11.3 Å². The molecule has 17 heavy (non-hydrogen) atoms. The van der Waals surface area contributed by atoms with E-state index >= 15 is 0 Å². The predicted octanol–water partition coefficient (Wildman–Crippen LogP) is 4.68. The smallest absolute Gasteiger partial charge is 0.0650 e. The Labute approximate surface area is 107 Å². The SMILES string of the molecule is CCC(CC)CC1(O)CCC2(CCCC2)CC1. The summed E-state index contributed by atoms with van der Waals surface area (Å²) in [5.74, 6) is 0.734. The second kappa shape index (κ2) is 5.30. The van der Waals surface area contributed by atoms with Gasteiger partial charge in [-0.1, -0.05) is 39.5 Å². The van der Waals surface area contributed by atoms with Crippen molar-refractivity contribution in [3.8, 4) is 0 Å². The van der Waals surface area contributed by atoms with E-state index in [0.717, 1.165) is 25.2 Å². The summed E-state index contributed by atoms with van der Waals surface area (Å²) in [6, 6.07) is 0. The van der Waals surface area contributed by atoms with Gasteiger partial charge >= 0.3 is 0 Å². The molecule has 0 unspecified atom stereocenters. The van der Waals surface area contributed by atoms with E-state index in [9.17, 15) is 5.11 Å². The van der Waals surface area contributed by atoms with Crippen molar-refractivity contribution in [2.75, 3.05) is 0 Å². The summed E-state index contributed by atoms with van der Waals surface area (Å²) in [5, 5.41) is 10.7. The highest BCUT2D eigenvalue weighted by atomic mass is 16.3. The van der Waals surface area contributed by atoms with Crippen molar-refractivity contribution in [3.63, 3.8) is 0 Å². The first-order chi connectivity index (χ1) is 8.11. The molecule has 0 aromatic carbocycles. The average Bonchev–Trinajstić information content (AvgIpc) is 2.80. The average molecular weight is 238 g/mol. The minimum Gasteiger partial charge on any atom is -0.390 e. The van der Waals surface area contributed by atoms with Crippen molar-refractivity contribution in [1.82, 2.24) is 0 Å². The quantitative estimate of drug-likeness (QED) is 0.754. The minimum atomic E-state index is -0.315. The molecule has 1 spiro atoms. The number of rotatable bonds is 4. The molecule has 0 aromatic rings. The zero-order valence-electron chi connectivity index (χ0n) is 11.8. The Kier molecular flexibility index (Phi) is 4.18. The van der Waals surface area contributed by atoms with Gasteiger partial charge in [0, 0.05) is 0 Å². The molecule has 100 valence electrons. The van der Waals surface area contributed by atoms with Crippen molar-refractivity contribution in [1.29, 1.82) is 0 Å². The van der Waals surface area contributed by atoms with Crippen LogP contribution in [-0.4, -0.2) is 10.7 Å². The second-order valence-corrected chi connectivity index (χ2v) is 6.82. The summed E-state index contributed by atoms with van der Waals surface area (Å²) in [6.07, 6.45) is 14.0. The van der Waals surface area contributed by atoms with Crippen LogP contribution in [0.3, 0.4) is 0 Å². The standard InChI is InChI=1S/C16H30O/c1-3-14(4-2)13-16(17)11-9-15(10-12-16)7-5-6-8-15/h14,17H,3-13H2,1-2H3. The molecule has 0 bridgehead atoms. The minimum absolute atomic E-state index is 0.315. The van der Waals surface area contributed by atoms with Crippen LogP contribution in [-0.2, 0) is 0 Å². The topological polar surface area (TPSA) is 20.2 Å². The van der Waals surface area contributed by atoms with Crippen LogP contribution < -0.4 is 0 Å². The molecule has 1 heteroatoms. The maximum Gasteiger partial charge on any atom is 0.0650 e. The Bertz CT molecular complexity index is 226. The molecule has 0 atom stereocenters. The molecule has 1 N–H and O–H groups in total. The van der Waals surface area contributed by atoms with E-state index in [1.165, 1.54) is 51.4 Å². The second-order valence-electron chi connectivity index (χ2n) is 6.82. The van der Waals surface area contributed by atoms with Gasteiger partial charge in [-0.25, -0.2) is 0 Å². The van der Waals surface area contributed by atoms with Gasteiger partial charge in [0.05, 0.1) is 5.60 Å². The van der Waals surface area contributed by atoms with Crippen molar-refractivity contribution < 1.29 is 5.11 Å². The summed E-state index contributed by atoms with van der Waals surface area (Å²) >= 11 is 0. The van der Waals surface area contributed by atoms with E-state index in [0.29, 0.717) is 5.41 Å². The highest BCUT2D eigenvalue weighted by Crippen LogP contribution is 2.52. The molecule has 2 fully saturated rings. The monoisotopic (exact) mass is 238 g/mol. The Morgan fingerprint density at radius 1 is 0.882 bits per heavy atom. The van der Waals surface area contributed by atoms with Gasteiger partial charge in [0.15, 0.2) is 0 Å². The lowest BCUT2D eigenvalue weighted by Gasteiger charge is -2.43. The van der Waals surface area contributed by atoms with E-state index in [1.807, 2.05) is 0 Å². The summed E-state index contributed by atoms with van der Waals surface area (Å²) in [6.45, 7) is 4.53. The number of hydrogen-bond donors (Lipinski definition) is 1. The molecule has 0 heterocycles. The van der Waals surface area contributed by atoms with E-state index < -0.39 is 0 Å². The largest absolute Gasteiger partial charge is 0.390 e. The Morgan fingerprint density at radius 2 is 1.41 bits per heavy atom. The number of aliphatic hydroxyl groups is 1. The van der Waals surface area contributed by atoms with Gasteiger partial charge in [0.25, 0.3) is 0 Å². The van der Waals surface area contributed by atoms with E-state index in [4.69, 9.17) is 0 Å². The molecular formula is C16H30O. The molecule has 2 aliphatic rings. The van der Waals surface area contributed by atoms with Gasteiger partial charge in [-0.05, 0) is 56.3 Å². The molecule has 0 aliphatic heterocycles. The Hall–Kier alpha value is -0.0400. The van der Waals surface area contributed by atoms with Crippen LogP contribution in [0.2, 0.25) is 0 Å². The summed E-state index contributed by atoms with van der Waals surface area (Å²) in [7, 11) is 0. The van der Waals surface area contributed by atoms with Gasteiger partial charge in [-0.3, -0.25) is 0 Å². The maximum absolute atomic E-state index is 10.7. The molecule has 0 radical (unpaired) electrons. The van der Waals surface area contributed by atoms with Crippen LogP contribution in [0, 0.1) is 11.3 Å². The molecule has 0 amide bonds. The maximum atomic E-state index is 10.7. The van der Waals surface area contributed by atoms with Gasteiger partial charge < -0.3 is 5.11 Å². The normalized spacial score (nSPS) is 26.8. The van der Waals surface area contributed by atoms with Crippen LogP contribution >= 0.6 is 0 Å². The molecule has 2 rings (SSSR count). The lowest BCUT2D eigenvalue weighted by atomic mass is 9.65. The lowest BCUT2D eigenvalue weighted by molar-refractivity contribution is -0.0502. The molecule has 0 saturated heterocycles. The highest BCUT2D eigenvalue weighted by Gasteiger charge is 2.43.